The Morgan fingerprint density at radius 1 is 1.47 bits per heavy atom. The molecular weight excluding hydrogens is 192 g/mol. The molecule has 0 aromatic carbocycles. The van der Waals surface area contributed by atoms with Crippen LogP contribution in [0, 0.1) is 6.92 Å². The highest BCUT2D eigenvalue weighted by atomic mass is 16.5. The van der Waals surface area contributed by atoms with Crippen molar-refractivity contribution in [3.8, 4) is 5.75 Å². The maximum absolute atomic E-state index is 11.4. The smallest absolute Gasteiger partial charge is 0.346 e. The normalized spacial score (nSPS) is 18.9. The summed E-state index contributed by atoms with van der Waals surface area (Å²) in [4.78, 5) is 11.4. The van der Waals surface area contributed by atoms with Gasteiger partial charge in [-0.25, -0.2) is 4.79 Å². The van der Waals surface area contributed by atoms with Crippen LogP contribution in [0.15, 0.2) is 33.5 Å². The van der Waals surface area contributed by atoms with Crippen LogP contribution >= 0.6 is 0 Å². The molecule has 0 saturated heterocycles. The molecule has 0 N–H and O–H groups in total. The van der Waals surface area contributed by atoms with Gasteiger partial charge < -0.3 is 9.15 Å². The van der Waals surface area contributed by atoms with Crippen LogP contribution in [0.1, 0.15) is 18.2 Å². The second-order valence-electron chi connectivity index (χ2n) is 3.39. The number of rotatable bonds is 1. The minimum Gasteiger partial charge on any atom is -0.481 e. The molecule has 0 saturated carbocycles. The standard InChI is InChI=1S/C12H12O3/c1-3-4-9-5-6-10-11(15-9)7-8(2)14-12(10)13/h3-7,9H,1-2H3/b4-3+. The first-order valence-corrected chi connectivity index (χ1v) is 4.83. The monoisotopic (exact) mass is 204 g/mol. The van der Waals surface area contributed by atoms with Gasteiger partial charge >= 0.3 is 5.63 Å². The SMILES string of the molecule is C/C=C/C1C=Cc2c(cc(C)oc2=O)O1. The maximum atomic E-state index is 11.4. The van der Waals surface area contributed by atoms with Crippen molar-refractivity contribution in [2.45, 2.75) is 20.0 Å². The van der Waals surface area contributed by atoms with E-state index in [2.05, 4.69) is 0 Å². The second-order valence-corrected chi connectivity index (χ2v) is 3.39. The summed E-state index contributed by atoms with van der Waals surface area (Å²) in [5.74, 6) is 1.16. The molecule has 0 spiro atoms. The molecule has 0 radical (unpaired) electrons. The topological polar surface area (TPSA) is 39.4 Å². The Morgan fingerprint density at radius 2 is 2.27 bits per heavy atom. The second kappa shape index (κ2) is 3.77. The molecule has 1 atom stereocenters. The van der Waals surface area contributed by atoms with Gasteiger partial charge in [-0.2, -0.15) is 0 Å². The zero-order valence-corrected chi connectivity index (χ0v) is 8.69. The number of ether oxygens (including phenoxy) is 1. The lowest BCUT2D eigenvalue weighted by Gasteiger charge is -2.17. The van der Waals surface area contributed by atoms with Crippen molar-refractivity contribution in [2.24, 2.45) is 0 Å². The molecule has 0 amide bonds. The van der Waals surface area contributed by atoms with Gasteiger partial charge in [-0.1, -0.05) is 6.08 Å². The van der Waals surface area contributed by atoms with E-state index in [0.717, 1.165) is 0 Å². The summed E-state index contributed by atoms with van der Waals surface area (Å²) in [7, 11) is 0. The number of allylic oxidation sites excluding steroid dienone is 1. The van der Waals surface area contributed by atoms with Crippen LogP contribution in [-0.4, -0.2) is 6.10 Å². The van der Waals surface area contributed by atoms with E-state index in [1.165, 1.54) is 0 Å². The first-order chi connectivity index (χ1) is 7.20. The molecule has 0 fully saturated rings. The molecule has 0 aliphatic carbocycles. The average Bonchev–Trinajstić information content (AvgIpc) is 2.17. The first-order valence-electron chi connectivity index (χ1n) is 4.83. The number of fused-ring (bicyclic) bond motifs is 1. The van der Waals surface area contributed by atoms with Gasteiger partial charge in [0.05, 0.1) is 0 Å². The van der Waals surface area contributed by atoms with Crippen molar-refractivity contribution in [3.05, 3.63) is 46.0 Å². The molecule has 15 heavy (non-hydrogen) atoms. The van der Waals surface area contributed by atoms with E-state index in [4.69, 9.17) is 9.15 Å². The van der Waals surface area contributed by atoms with Crippen molar-refractivity contribution in [3.63, 3.8) is 0 Å². The Bertz CT molecular complexity index is 480. The Balaban J connectivity index is 2.45. The van der Waals surface area contributed by atoms with Crippen LogP contribution in [0.4, 0.5) is 0 Å². The molecule has 1 aliphatic rings. The molecule has 3 heteroatoms. The van der Waals surface area contributed by atoms with Gasteiger partial charge in [-0.05, 0) is 32.1 Å². The number of aryl methyl sites for hydroxylation is 1. The average molecular weight is 204 g/mol. The minimum absolute atomic E-state index is 0.0938. The lowest BCUT2D eigenvalue weighted by molar-refractivity contribution is 0.286. The molecule has 1 aromatic rings. The molecule has 2 rings (SSSR count). The van der Waals surface area contributed by atoms with Gasteiger partial charge in [-0.3, -0.25) is 0 Å². The quantitative estimate of drug-likeness (QED) is 0.659. The largest absolute Gasteiger partial charge is 0.481 e. The third-order valence-corrected chi connectivity index (χ3v) is 2.17. The van der Waals surface area contributed by atoms with Crippen molar-refractivity contribution in [1.29, 1.82) is 0 Å². The van der Waals surface area contributed by atoms with Crippen LogP contribution in [0.3, 0.4) is 0 Å². The Kier molecular flexibility index (Phi) is 2.46. The van der Waals surface area contributed by atoms with E-state index < -0.39 is 0 Å². The van der Waals surface area contributed by atoms with E-state index in [1.54, 1.807) is 19.1 Å². The first kappa shape index (κ1) is 9.77. The van der Waals surface area contributed by atoms with Gasteiger partial charge in [-0.15, -0.1) is 0 Å². The number of hydrogen-bond donors (Lipinski definition) is 0. The van der Waals surface area contributed by atoms with Crippen molar-refractivity contribution >= 4 is 6.08 Å². The van der Waals surface area contributed by atoms with Gasteiger partial charge in [0.15, 0.2) is 0 Å². The number of hydrogen-bond acceptors (Lipinski definition) is 3. The predicted octanol–water partition coefficient (Wildman–Crippen LogP) is 2.30. The van der Waals surface area contributed by atoms with Gasteiger partial charge in [0.2, 0.25) is 0 Å². The highest BCUT2D eigenvalue weighted by Gasteiger charge is 2.16. The summed E-state index contributed by atoms with van der Waals surface area (Å²) in [5, 5.41) is 0. The minimum atomic E-state index is -0.347. The van der Waals surface area contributed by atoms with Crippen LogP contribution in [0.5, 0.6) is 5.75 Å². The van der Waals surface area contributed by atoms with Gasteiger partial charge in [0.1, 0.15) is 23.2 Å². The van der Waals surface area contributed by atoms with Gasteiger partial charge in [0.25, 0.3) is 0 Å². The van der Waals surface area contributed by atoms with Crippen LogP contribution in [0.2, 0.25) is 0 Å². The fourth-order valence-electron chi connectivity index (χ4n) is 1.51. The molecule has 78 valence electrons. The molecule has 3 nitrogen and oxygen atoms in total. The molecule has 2 heterocycles. The van der Waals surface area contributed by atoms with E-state index in [9.17, 15) is 4.79 Å². The van der Waals surface area contributed by atoms with Crippen molar-refractivity contribution in [1.82, 2.24) is 0 Å². The van der Waals surface area contributed by atoms with Crippen LogP contribution in [0.25, 0.3) is 6.08 Å². The highest BCUT2D eigenvalue weighted by molar-refractivity contribution is 5.59. The predicted molar refractivity (Wildman–Crippen MR) is 58.0 cm³/mol. The van der Waals surface area contributed by atoms with Crippen molar-refractivity contribution in [2.75, 3.05) is 0 Å². The third kappa shape index (κ3) is 1.86. The summed E-state index contributed by atoms with van der Waals surface area (Å²) in [6, 6.07) is 1.73. The van der Waals surface area contributed by atoms with E-state index in [-0.39, 0.29) is 11.7 Å². The van der Waals surface area contributed by atoms with Crippen molar-refractivity contribution < 1.29 is 9.15 Å². The third-order valence-electron chi connectivity index (χ3n) is 2.17. The Hall–Kier alpha value is -1.77. The Labute approximate surface area is 87.7 Å². The summed E-state index contributed by atoms with van der Waals surface area (Å²) in [6.07, 6.45) is 7.31. The molecule has 1 unspecified atom stereocenters. The summed E-state index contributed by atoms with van der Waals surface area (Å²) < 4.78 is 10.6. The molecule has 0 bridgehead atoms. The van der Waals surface area contributed by atoms with E-state index >= 15 is 0 Å². The summed E-state index contributed by atoms with van der Waals surface area (Å²) in [6.45, 7) is 3.66. The summed E-state index contributed by atoms with van der Waals surface area (Å²) >= 11 is 0. The maximum Gasteiger partial charge on any atom is 0.346 e. The highest BCUT2D eigenvalue weighted by Crippen LogP contribution is 2.24. The molecule has 1 aliphatic heterocycles. The fourth-order valence-corrected chi connectivity index (χ4v) is 1.51. The van der Waals surface area contributed by atoms with E-state index in [0.29, 0.717) is 17.1 Å². The molecular formula is C12H12O3. The lowest BCUT2D eigenvalue weighted by Crippen LogP contribution is -2.18. The van der Waals surface area contributed by atoms with Crippen LogP contribution < -0.4 is 10.4 Å². The Morgan fingerprint density at radius 3 is 3.00 bits per heavy atom. The molecule has 1 aromatic heterocycles. The van der Waals surface area contributed by atoms with Crippen LogP contribution in [-0.2, 0) is 0 Å². The van der Waals surface area contributed by atoms with Gasteiger partial charge in [0, 0.05) is 6.07 Å². The lowest BCUT2D eigenvalue weighted by atomic mass is 10.1. The fraction of sp³-hybridized carbons (Fsp3) is 0.250. The van der Waals surface area contributed by atoms with E-state index in [1.807, 2.05) is 25.2 Å². The zero-order chi connectivity index (χ0) is 10.8. The summed E-state index contributed by atoms with van der Waals surface area (Å²) in [5.41, 5.74) is 0.140. The zero-order valence-electron chi connectivity index (χ0n) is 8.69.